The van der Waals surface area contributed by atoms with Gasteiger partial charge in [0.25, 0.3) is 10.2 Å². The Bertz CT molecular complexity index is 561. The molecule has 0 spiro atoms. The topological polar surface area (TPSA) is 75.4 Å². The first kappa shape index (κ1) is 17.7. The second kappa shape index (κ2) is 7.10. The maximum absolute atomic E-state index is 12.2. The number of hydrogen-bond donors (Lipinski definition) is 2. The lowest BCUT2D eigenvalue weighted by atomic mass is 10.2. The van der Waals surface area contributed by atoms with E-state index in [0.717, 1.165) is 4.31 Å². The Kier molecular flexibility index (Phi) is 5.99. The summed E-state index contributed by atoms with van der Waals surface area (Å²) in [6.45, 7) is 0.228. The fourth-order valence-electron chi connectivity index (χ4n) is 1.69. The molecule has 0 bridgehead atoms. The van der Waals surface area contributed by atoms with Crippen molar-refractivity contribution >= 4 is 15.9 Å². The van der Waals surface area contributed by atoms with Crippen LogP contribution in [0.2, 0.25) is 0 Å². The lowest BCUT2D eigenvalue weighted by molar-refractivity contribution is -0.121. The van der Waals surface area contributed by atoms with Gasteiger partial charge in [-0.05, 0) is 24.1 Å². The van der Waals surface area contributed by atoms with Crippen molar-refractivity contribution in [2.45, 2.75) is 26.1 Å². The molecule has 0 saturated carbocycles. The lowest BCUT2D eigenvalue weighted by Crippen LogP contribution is -2.44. The van der Waals surface area contributed by atoms with E-state index in [1.807, 2.05) is 0 Å². The van der Waals surface area contributed by atoms with E-state index in [9.17, 15) is 21.6 Å². The number of benzene rings is 1. The molecule has 5 nitrogen and oxygen atoms in total. The lowest BCUT2D eigenvalue weighted by Gasteiger charge is -2.22. The van der Waals surface area contributed by atoms with Gasteiger partial charge >= 0.3 is 6.18 Å². The van der Waals surface area contributed by atoms with Crippen LogP contribution in [0.4, 0.5) is 18.9 Å². The van der Waals surface area contributed by atoms with E-state index in [1.54, 1.807) is 35.9 Å². The van der Waals surface area contributed by atoms with E-state index in [-0.39, 0.29) is 13.1 Å². The third-order valence-corrected chi connectivity index (χ3v) is 4.08. The predicted molar refractivity (Wildman–Crippen MR) is 74.5 cm³/mol. The highest BCUT2D eigenvalue weighted by atomic mass is 32.2. The van der Waals surface area contributed by atoms with E-state index in [4.69, 9.17) is 5.73 Å². The molecule has 1 aromatic rings. The van der Waals surface area contributed by atoms with Crippen LogP contribution in [0, 0.1) is 0 Å². The number of nitrogens with one attached hydrogen (secondary N) is 1. The number of nitrogens with two attached hydrogens (primary N) is 1. The molecule has 0 saturated heterocycles. The number of anilines is 1. The highest BCUT2D eigenvalue weighted by Gasteiger charge is 2.31. The highest BCUT2D eigenvalue weighted by Crippen LogP contribution is 2.15. The van der Waals surface area contributed by atoms with Crippen molar-refractivity contribution in [3.05, 3.63) is 29.8 Å². The molecule has 0 aromatic heterocycles. The summed E-state index contributed by atoms with van der Waals surface area (Å²) in [5.74, 6) is 0. The summed E-state index contributed by atoms with van der Waals surface area (Å²) >= 11 is 0. The molecular formula is C12H18F3N3O2S. The molecule has 0 aliphatic rings. The van der Waals surface area contributed by atoms with E-state index in [0.29, 0.717) is 17.7 Å². The summed E-state index contributed by atoms with van der Waals surface area (Å²) < 4.78 is 62.9. The Hall–Kier alpha value is -1.32. The molecule has 0 radical (unpaired) electrons. The second-order valence-corrected chi connectivity index (χ2v) is 6.28. The largest absolute Gasteiger partial charge is 0.402 e. The molecule has 0 aliphatic carbocycles. The highest BCUT2D eigenvalue weighted by molar-refractivity contribution is 7.87. The minimum absolute atomic E-state index is 0.0356. The van der Waals surface area contributed by atoms with Gasteiger partial charge in [-0.25, -0.2) is 0 Å². The number of rotatable bonds is 7. The summed E-state index contributed by atoms with van der Waals surface area (Å²) in [4.78, 5) is 0. The van der Waals surface area contributed by atoms with Gasteiger partial charge in [-0.15, -0.1) is 0 Å². The molecule has 1 aromatic carbocycles. The minimum atomic E-state index is -4.60. The van der Waals surface area contributed by atoms with Crippen molar-refractivity contribution < 1.29 is 21.6 Å². The monoisotopic (exact) mass is 325 g/mol. The molecule has 0 heterocycles. The van der Waals surface area contributed by atoms with Crippen LogP contribution in [-0.2, 0) is 16.8 Å². The van der Waals surface area contributed by atoms with Gasteiger partial charge in [-0.2, -0.15) is 30.6 Å². The number of halogens is 3. The molecule has 0 fully saturated rings. The molecule has 3 N–H and O–H groups in total. The molecule has 9 heteroatoms. The SMILES string of the molecule is CCCN(Cc1cccc(N)c1)S(=O)(=O)NCC(F)(F)F. The normalized spacial score (nSPS) is 12.8. The fourth-order valence-corrected chi connectivity index (χ4v) is 2.96. The van der Waals surface area contributed by atoms with Crippen molar-refractivity contribution in [1.82, 2.24) is 9.03 Å². The first-order valence-corrected chi connectivity index (χ1v) is 7.74. The van der Waals surface area contributed by atoms with Gasteiger partial charge in [0.15, 0.2) is 0 Å². The summed E-state index contributed by atoms with van der Waals surface area (Å²) in [7, 11) is -4.21. The quantitative estimate of drug-likeness (QED) is 0.752. The van der Waals surface area contributed by atoms with Crippen molar-refractivity contribution in [2.24, 2.45) is 0 Å². The van der Waals surface area contributed by atoms with Crippen LogP contribution in [0.3, 0.4) is 0 Å². The zero-order valence-electron chi connectivity index (χ0n) is 11.5. The first-order chi connectivity index (χ1) is 9.64. The van der Waals surface area contributed by atoms with Crippen LogP contribution < -0.4 is 10.5 Å². The zero-order chi connectivity index (χ0) is 16.1. The molecule has 1 rings (SSSR count). The van der Waals surface area contributed by atoms with Crippen LogP contribution in [0.25, 0.3) is 0 Å². The van der Waals surface area contributed by atoms with Crippen LogP contribution >= 0.6 is 0 Å². The average Bonchev–Trinajstić information content (AvgIpc) is 2.35. The molecule has 0 aliphatic heterocycles. The maximum Gasteiger partial charge on any atom is 0.402 e. The second-order valence-electron chi connectivity index (χ2n) is 4.52. The summed E-state index contributed by atoms with van der Waals surface area (Å²) in [5, 5.41) is 0. The Balaban J connectivity index is 2.85. The predicted octanol–water partition coefficient (Wildman–Crippen LogP) is 1.88. The minimum Gasteiger partial charge on any atom is -0.399 e. The van der Waals surface area contributed by atoms with Crippen LogP contribution in [0.15, 0.2) is 24.3 Å². The Morgan fingerprint density at radius 3 is 2.52 bits per heavy atom. The number of nitrogens with zero attached hydrogens (tertiary/aromatic N) is 1. The Morgan fingerprint density at radius 1 is 1.33 bits per heavy atom. The van der Waals surface area contributed by atoms with Gasteiger partial charge in [0.1, 0.15) is 6.54 Å². The van der Waals surface area contributed by atoms with Gasteiger partial charge in [-0.1, -0.05) is 19.1 Å². The van der Waals surface area contributed by atoms with E-state index < -0.39 is 22.9 Å². The molecule has 120 valence electrons. The molecule has 21 heavy (non-hydrogen) atoms. The van der Waals surface area contributed by atoms with Crippen molar-refractivity contribution in [3.63, 3.8) is 0 Å². The van der Waals surface area contributed by atoms with Gasteiger partial charge in [0.05, 0.1) is 0 Å². The number of alkyl halides is 3. The van der Waals surface area contributed by atoms with Gasteiger partial charge < -0.3 is 5.73 Å². The summed E-state index contributed by atoms with van der Waals surface area (Å²) in [6, 6.07) is 6.55. The van der Waals surface area contributed by atoms with Crippen molar-refractivity contribution in [1.29, 1.82) is 0 Å². The van der Waals surface area contributed by atoms with Gasteiger partial charge in [0, 0.05) is 18.8 Å². The first-order valence-electron chi connectivity index (χ1n) is 6.30. The number of hydrogen-bond acceptors (Lipinski definition) is 3. The van der Waals surface area contributed by atoms with Crippen LogP contribution in [-0.4, -0.2) is 32.0 Å². The third kappa shape index (κ3) is 6.32. The fraction of sp³-hybridized carbons (Fsp3) is 0.500. The number of nitrogen functional groups attached to an aromatic ring is 1. The van der Waals surface area contributed by atoms with E-state index in [2.05, 4.69) is 0 Å². The third-order valence-electron chi connectivity index (χ3n) is 2.58. The molecular weight excluding hydrogens is 307 g/mol. The summed E-state index contributed by atoms with van der Waals surface area (Å²) in [5.41, 5.74) is 6.68. The van der Waals surface area contributed by atoms with Crippen LogP contribution in [0.1, 0.15) is 18.9 Å². The van der Waals surface area contributed by atoms with E-state index >= 15 is 0 Å². The average molecular weight is 325 g/mol. The van der Waals surface area contributed by atoms with Crippen molar-refractivity contribution in [3.8, 4) is 0 Å². The van der Waals surface area contributed by atoms with Crippen molar-refractivity contribution in [2.75, 3.05) is 18.8 Å². The smallest absolute Gasteiger partial charge is 0.399 e. The Morgan fingerprint density at radius 2 is 2.00 bits per heavy atom. The standard InChI is InChI=1S/C12H18F3N3O2S/c1-2-6-18(8-10-4-3-5-11(16)7-10)21(19,20)17-9-12(13,14)15/h3-5,7,17H,2,6,8-9,16H2,1H3. The molecule has 0 atom stereocenters. The molecule has 0 amide bonds. The van der Waals surface area contributed by atoms with Gasteiger partial charge in [0.2, 0.25) is 0 Å². The summed E-state index contributed by atoms with van der Waals surface area (Å²) in [6.07, 6.45) is -4.11. The zero-order valence-corrected chi connectivity index (χ0v) is 12.3. The maximum atomic E-state index is 12.2. The molecule has 0 unspecified atom stereocenters. The van der Waals surface area contributed by atoms with Gasteiger partial charge in [-0.3, -0.25) is 0 Å². The van der Waals surface area contributed by atoms with Crippen LogP contribution in [0.5, 0.6) is 0 Å². The Labute approximate surface area is 122 Å². The van der Waals surface area contributed by atoms with E-state index in [1.165, 1.54) is 0 Å².